The lowest BCUT2D eigenvalue weighted by molar-refractivity contribution is -0.151. The average Bonchev–Trinajstić information content (AvgIpc) is 3.24. The Labute approximate surface area is 218 Å². The summed E-state index contributed by atoms with van der Waals surface area (Å²) in [6, 6.07) is 18.4. The fourth-order valence-electron chi connectivity index (χ4n) is 3.90. The van der Waals surface area contributed by atoms with E-state index in [2.05, 4.69) is 21.2 Å². The highest BCUT2D eigenvalue weighted by Crippen LogP contribution is 2.30. The van der Waals surface area contributed by atoms with Crippen molar-refractivity contribution in [1.82, 2.24) is 0 Å². The average molecular weight is 551 g/mol. The second-order valence-electron chi connectivity index (χ2n) is 8.87. The molecular formula is C28H27BrN2O5. The minimum Gasteiger partial charge on any atom is -0.457 e. The van der Waals surface area contributed by atoms with Crippen LogP contribution >= 0.6 is 15.9 Å². The van der Waals surface area contributed by atoms with Crippen molar-refractivity contribution in [3.63, 3.8) is 0 Å². The van der Waals surface area contributed by atoms with Gasteiger partial charge in [0.25, 0.3) is 5.91 Å². The van der Waals surface area contributed by atoms with Gasteiger partial charge in [-0.05, 0) is 92.1 Å². The van der Waals surface area contributed by atoms with Crippen molar-refractivity contribution in [2.75, 3.05) is 23.4 Å². The highest BCUT2D eigenvalue weighted by Gasteiger charge is 2.36. The lowest BCUT2D eigenvalue weighted by Crippen LogP contribution is -2.28. The standard InChI is InChI=1S/C28H27BrN2O5/c1-17-4-8-24(13-18(17)2)36-23-9-6-22(7-10-23)31-15-20(14-27(31)33)28(34)35-16-26(32)30-21-5-11-25(29)19(3)12-21/h4-13,20H,14-16H2,1-3H3,(H,30,32)/t20-/m1/s1. The molecule has 8 heteroatoms. The van der Waals surface area contributed by atoms with Crippen molar-refractivity contribution in [2.24, 2.45) is 5.92 Å². The van der Waals surface area contributed by atoms with E-state index in [4.69, 9.17) is 9.47 Å². The van der Waals surface area contributed by atoms with Crippen molar-refractivity contribution in [1.29, 1.82) is 0 Å². The minimum absolute atomic E-state index is 0.0350. The molecule has 1 aliphatic rings. The molecule has 1 heterocycles. The predicted octanol–water partition coefficient (Wildman–Crippen LogP) is 5.70. The second kappa shape index (κ2) is 11.0. The number of rotatable bonds is 7. The van der Waals surface area contributed by atoms with Crippen LogP contribution in [-0.4, -0.2) is 30.9 Å². The van der Waals surface area contributed by atoms with Gasteiger partial charge >= 0.3 is 5.97 Å². The molecule has 0 bridgehead atoms. The van der Waals surface area contributed by atoms with Crippen LogP contribution in [0.4, 0.5) is 11.4 Å². The zero-order valence-corrected chi connectivity index (χ0v) is 21.9. The Morgan fingerprint density at radius 3 is 2.36 bits per heavy atom. The van der Waals surface area contributed by atoms with E-state index in [1.54, 1.807) is 35.2 Å². The summed E-state index contributed by atoms with van der Waals surface area (Å²) in [5.41, 5.74) is 4.60. The minimum atomic E-state index is -0.633. The molecule has 1 atom stereocenters. The topological polar surface area (TPSA) is 84.9 Å². The molecule has 36 heavy (non-hydrogen) atoms. The quantitative estimate of drug-likeness (QED) is 0.381. The maximum Gasteiger partial charge on any atom is 0.311 e. The fourth-order valence-corrected chi connectivity index (χ4v) is 4.14. The number of nitrogens with one attached hydrogen (secondary N) is 1. The number of benzene rings is 3. The van der Waals surface area contributed by atoms with Gasteiger partial charge in [0.05, 0.1) is 5.92 Å². The van der Waals surface area contributed by atoms with Crippen molar-refractivity contribution in [2.45, 2.75) is 27.2 Å². The third kappa shape index (κ3) is 6.12. The zero-order chi connectivity index (χ0) is 25.8. The van der Waals surface area contributed by atoms with Gasteiger partial charge in [-0.1, -0.05) is 22.0 Å². The molecule has 4 rings (SSSR count). The first-order valence-electron chi connectivity index (χ1n) is 11.6. The maximum absolute atomic E-state index is 12.6. The molecule has 3 aromatic rings. The van der Waals surface area contributed by atoms with E-state index in [-0.39, 0.29) is 18.9 Å². The highest BCUT2D eigenvalue weighted by molar-refractivity contribution is 9.10. The molecule has 1 fully saturated rings. The van der Waals surface area contributed by atoms with Crippen LogP contribution < -0.4 is 15.0 Å². The Kier molecular flexibility index (Phi) is 7.74. The summed E-state index contributed by atoms with van der Waals surface area (Å²) in [5, 5.41) is 2.70. The maximum atomic E-state index is 12.6. The highest BCUT2D eigenvalue weighted by atomic mass is 79.9. The molecule has 0 aromatic heterocycles. The summed E-state index contributed by atoms with van der Waals surface area (Å²) < 4.78 is 12.0. The molecular weight excluding hydrogens is 524 g/mol. The Morgan fingerprint density at radius 1 is 0.944 bits per heavy atom. The van der Waals surface area contributed by atoms with E-state index in [1.807, 2.05) is 51.1 Å². The van der Waals surface area contributed by atoms with Crippen molar-refractivity contribution < 1.29 is 23.9 Å². The molecule has 1 N–H and O–H groups in total. The van der Waals surface area contributed by atoms with Crippen LogP contribution in [0.25, 0.3) is 0 Å². The molecule has 7 nitrogen and oxygen atoms in total. The Bertz CT molecular complexity index is 1310. The van der Waals surface area contributed by atoms with E-state index >= 15 is 0 Å². The lowest BCUT2D eigenvalue weighted by atomic mass is 10.1. The van der Waals surface area contributed by atoms with Gasteiger partial charge in [-0.15, -0.1) is 0 Å². The van der Waals surface area contributed by atoms with E-state index in [9.17, 15) is 14.4 Å². The molecule has 0 aliphatic carbocycles. The number of ether oxygens (including phenoxy) is 2. The fraction of sp³-hybridized carbons (Fsp3) is 0.250. The molecule has 0 spiro atoms. The van der Waals surface area contributed by atoms with Crippen LogP contribution in [0, 0.1) is 26.7 Å². The molecule has 2 amide bonds. The van der Waals surface area contributed by atoms with Crippen molar-refractivity contribution >= 4 is 45.1 Å². The van der Waals surface area contributed by atoms with E-state index in [0.717, 1.165) is 21.3 Å². The summed E-state index contributed by atoms with van der Waals surface area (Å²) in [6.07, 6.45) is 0.0350. The SMILES string of the molecule is Cc1ccc(Oc2ccc(N3C[C@H](C(=O)OCC(=O)Nc4ccc(Br)c(C)c4)CC3=O)cc2)cc1C. The number of hydrogen-bond donors (Lipinski definition) is 1. The number of esters is 1. The Morgan fingerprint density at radius 2 is 1.67 bits per heavy atom. The lowest BCUT2D eigenvalue weighted by Gasteiger charge is -2.17. The number of carbonyl (C=O) groups excluding carboxylic acids is 3. The van der Waals surface area contributed by atoms with Gasteiger partial charge in [-0.2, -0.15) is 0 Å². The number of amides is 2. The molecule has 0 unspecified atom stereocenters. The first-order chi connectivity index (χ1) is 17.2. The van der Waals surface area contributed by atoms with Gasteiger partial charge in [0.15, 0.2) is 6.61 Å². The summed E-state index contributed by atoms with van der Waals surface area (Å²) in [6.45, 7) is 5.77. The monoisotopic (exact) mass is 550 g/mol. The van der Waals surface area contributed by atoms with Crippen LogP contribution in [-0.2, 0) is 19.1 Å². The number of anilines is 2. The third-order valence-corrected chi connectivity index (χ3v) is 7.00. The number of aryl methyl sites for hydroxylation is 3. The molecule has 0 saturated carbocycles. The van der Waals surface area contributed by atoms with E-state index < -0.39 is 24.4 Å². The molecule has 0 radical (unpaired) electrons. The van der Waals surface area contributed by atoms with Gasteiger partial charge in [-0.25, -0.2) is 0 Å². The van der Waals surface area contributed by atoms with Crippen molar-refractivity contribution in [3.05, 3.63) is 81.8 Å². The van der Waals surface area contributed by atoms with Gasteiger partial charge < -0.3 is 19.7 Å². The van der Waals surface area contributed by atoms with Crippen LogP contribution in [0.15, 0.2) is 65.1 Å². The van der Waals surface area contributed by atoms with Crippen LogP contribution in [0.5, 0.6) is 11.5 Å². The predicted molar refractivity (Wildman–Crippen MR) is 141 cm³/mol. The van der Waals surface area contributed by atoms with Crippen LogP contribution in [0.3, 0.4) is 0 Å². The summed E-state index contributed by atoms with van der Waals surface area (Å²) in [5.74, 6) is -0.420. The zero-order valence-electron chi connectivity index (χ0n) is 20.3. The molecule has 3 aromatic carbocycles. The second-order valence-corrected chi connectivity index (χ2v) is 9.72. The Hall–Kier alpha value is -3.65. The van der Waals surface area contributed by atoms with Gasteiger partial charge in [0.1, 0.15) is 11.5 Å². The van der Waals surface area contributed by atoms with Gasteiger partial charge in [0.2, 0.25) is 5.91 Å². The third-order valence-electron chi connectivity index (χ3n) is 6.11. The molecule has 1 aliphatic heterocycles. The number of hydrogen-bond acceptors (Lipinski definition) is 5. The first-order valence-corrected chi connectivity index (χ1v) is 12.4. The van der Waals surface area contributed by atoms with Crippen LogP contribution in [0.1, 0.15) is 23.1 Å². The van der Waals surface area contributed by atoms with Gasteiger partial charge in [0, 0.05) is 28.8 Å². The molecule has 186 valence electrons. The summed E-state index contributed by atoms with van der Waals surface area (Å²) >= 11 is 3.41. The summed E-state index contributed by atoms with van der Waals surface area (Å²) in [7, 11) is 0. The normalized spacial score (nSPS) is 15.1. The number of nitrogens with zero attached hydrogens (tertiary/aromatic N) is 1. The smallest absolute Gasteiger partial charge is 0.311 e. The summed E-state index contributed by atoms with van der Waals surface area (Å²) in [4.78, 5) is 38.8. The molecule has 1 saturated heterocycles. The number of carbonyl (C=O) groups is 3. The van der Waals surface area contributed by atoms with E-state index in [0.29, 0.717) is 17.1 Å². The van der Waals surface area contributed by atoms with E-state index in [1.165, 1.54) is 5.56 Å². The first kappa shape index (κ1) is 25.4. The van der Waals surface area contributed by atoms with Crippen molar-refractivity contribution in [3.8, 4) is 11.5 Å². The Balaban J connectivity index is 1.30. The van der Waals surface area contributed by atoms with Crippen LogP contribution in [0.2, 0.25) is 0 Å². The largest absolute Gasteiger partial charge is 0.457 e. The van der Waals surface area contributed by atoms with Gasteiger partial charge in [-0.3, -0.25) is 14.4 Å². The number of halogens is 1.